The Morgan fingerprint density at radius 3 is 2.62 bits per heavy atom. The maximum Gasteiger partial charge on any atom is 0.471 e. The minimum Gasteiger partial charge on any atom is -0.491 e. The summed E-state index contributed by atoms with van der Waals surface area (Å²) in [5.74, 6) is -0.499. The molecule has 1 aliphatic carbocycles. The Bertz CT molecular complexity index is 1010. The number of ether oxygens (including phenoxy) is 2. The second-order valence-corrected chi connectivity index (χ2v) is 9.07. The van der Waals surface area contributed by atoms with Gasteiger partial charge < -0.3 is 18.9 Å². The summed E-state index contributed by atoms with van der Waals surface area (Å²) in [5.41, 5.74) is 0.705. The monoisotopic (exact) mass is 451 g/mol. The molecule has 172 valence electrons. The van der Waals surface area contributed by atoms with E-state index in [1.54, 1.807) is 18.2 Å². The molecule has 0 spiro atoms. The first kappa shape index (κ1) is 21.2. The lowest BCUT2D eigenvalue weighted by atomic mass is 9.80. The van der Waals surface area contributed by atoms with Crippen LogP contribution in [0.1, 0.15) is 44.1 Å². The number of aromatic nitrogens is 2. The van der Waals surface area contributed by atoms with Crippen LogP contribution in [0.3, 0.4) is 0 Å². The molecule has 1 saturated heterocycles. The predicted molar refractivity (Wildman–Crippen MR) is 105 cm³/mol. The Morgan fingerprint density at radius 2 is 1.97 bits per heavy atom. The van der Waals surface area contributed by atoms with E-state index in [1.165, 1.54) is 0 Å². The zero-order valence-electron chi connectivity index (χ0n) is 17.7. The first-order valence-electron chi connectivity index (χ1n) is 10.8. The molecular weight excluding hydrogens is 427 g/mol. The molecule has 2 aliphatic heterocycles. The van der Waals surface area contributed by atoms with Gasteiger partial charge in [0.05, 0.1) is 11.5 Å². The van der Waals surface area contributed by atoms with Crippen LogP contribution in [-0.2, 0) is 22.3 Å². The maximum atomic E-state index is 13.6. The van der Waals surface area contributed by atoms with E-state index in [-0.39, 0.29) is 17.8 Å². The number of hydrogen-bond donors (Lipinski definition) is 0. The van der Waals surface area contributed by atoms with Crippen molar-refractivity contribution in [2.45, 2.75) is 51.4 Å². The maximum absolute atomic E-state index is 13.6. The summed E-state index contributed by atoms with van der Waals surface area (Å²) < 4.78 is 54.3. The topological polar surface area (TPSA) is 77.7 Å². The normalized spacial score (nSPS) is 23.2. The number of nitrogens with zero attached hydrogens (tertiary/aromatic N) is 3. The second-order valence-electron chi connectivity index (χ2n) is 9.07. The molecule has 1 saturated carbocycles. The third-order valence-corrected chi connectivity index (χ3v) is 6.68. The van der Waals surface area contributed by atoms with Crippen molar-refractivity contribution in [3.63, 3.8) is 0 Å². The van der Waals surface area contributed by atoms with Gasteiger partial charge in [0, 0.05) is 30.9 Å². The highest BCUT2D eigenvalue weighted by molar-refractivity contribution is 5.83. The molecule has 2 aromatic rings. The van der Waals surface area contributed by atoms with E-state index < -0.39 is 17.5 Å². The first-order chi connectivity index (χ1) is 15.2. The zero-order chi connectivity index (χ0) is 22.5. The van der Waals surface area contributed by atoms with Crippen molar-refractivity contribution >= 4 is 5.91 Å². The highest BCUT2D eigenvalue weighted by Gasteiger charge is 2.45. The molecule has 10 heteroatoms. The molecule has 2 fully saturated rings. The second kappa shape index (κ2) is 7.75. The SMILES string of the molecule is CC1(C(=O)N2Cc3ccc(-c4noc(C(F)(F)F)n4)cc3OCC2C2CC2)CCOCC1. The summed E-state index contributed by atoms with van der Waals surface area (Å²) in [6, 6.07) is 4.98. The summed E-state index contributed by atoms with van der Waals surface area (Å²) in [7, 11) is 0. The molecule has 3 heterocycles. The summed E-state index contributed by atoms with van der Waals surface area (Å²) in [6.07, 6.45) is -1.21. The van der Waals surface area contributed by atoms with Crippen molar-refractivity contribution in [2.75, 3.05) is 19.8 Å². The lowest BCUT2D eigenvalue weighted by molar-refractivity contribution is -0.159. The van der Waals surface area contributed by atoms with E-state index in [0.717, 1.165) is 18.4 Å². The molecule has 0 radical (unpaired) electrons. The molecule has 0 N–H and O–H groups in total. The third kappa shape index (κ3) is 3.96. The Balaban J connectivity index is 1.43. The Kier molecular flexibility index (Phi) is 5.15. The van der Waals surface area contributed by atoms with Crippen molar-refractivity contribution in [3.8, 4) is 17.1 Å². The van der Waals surface area contributed by atoms with Gasteiger partial charge in [0.2, 0.25) is 11.7 Å². The highest BCUT2D eigenvalue weighted by Crippen LogP contribution is 2.42. The Labute approximate surface area is 182 Å². The van der Waals surface area contributed by atoms with Gasteiger partial charge in [-0.3, -0.25) is 4.79 Å². The number of amides is 1. The predicted octanol–water partition coefficient (Wildman–Crippen LogP) is 4.07. The van der Waals surface area contributed by atoms with Crippen molar-refractivity contribution < 1.29 is 32.0 Å². The van der Waals surface area contributed by atoms with E-state index in [2.05, 4.69) is 14.7 Å². The molecular formula is C22H24F3N3O4. The van der Waals surface area contributed by atoms with Crippen LogP contribution in [0.4, 0.5) is 13.2 Å². The van der Waals surface area contributed by atoms with Gasteiger partial charge in [-0.2, -0.15) is 18.2 Å². The van der Waals surface area contributed by atoms with Crippen molar-refractivity contribution in [2.24, 2.45) is 11.3 Å². The van der Waals surface area contributed by atoms with Crippen LogP contribution in [0.2, 0.25) is 0 Å². The number of rotatable bonds is 3. The first-order valence-corrected chi connectivity index (χ1v) is 10.8. The number of fused-ring (bicyclic) bond motifs is 1. The van der Waals surface area contributed by atoms with Crippen molar-refractivity contribution in [3.05, 3.63) is 29.7 Å². The molecule has 32 heavy (non-hydrogen) atoms. The van der Waals surface area contributed by atoms with E-state index in [0.29, 0.717) is 56.4 Å². The standard InChI is InChI=1S/C22H24F3N3O4/c1-21(6-8-30-9-7-21)20(29)28-11-15-5-4-14(18-26-19(32-27-18)22(23,24)25)10-17(15)31-12-16(28)13-2-3-13/h4-5,10,13,16H,2-3,6-9,11-12H2,1H3. The van der Waals surface area contributed by atoms with E-state index in [4.69, 9.17) is 9.47 Å². The third-order valence-electron chi connectivity index (χ3n) is 6.68. The fraction of sp³-hybridized carbons (Fsp3) is 0.591. The van der Waals surface area contributed by atoms with Gasteiger partial charge in [0.1, 0.15) is 12.4 Å². The van der Waals surface area contributed by atoms with Crippen LogP contribution in [0.5, 0.6) is 5.75 Å². The fourth-order valence-corrected chi connectivity index (χ4v) is 4.46. The molecule has 1 amide bonds. The number of carbonyl (C=O) groups is 1. The Morgan fingerprint density at radius 1 is 1.22 bits per heavy atom. The van der Waals surface area contributed by atoms with Gasteiger partial charge >= 0.3 is 12.1 Å². The Hall–Kier alpha value is -2.62. The number of hydrogen-bond acceptors (Lipinski definition) is 6. The summed E-state index contributed by atoms with van der Waals surface area (Å²) >= 11 is 0. The molecule has 1 unspecified atom stereocenters. The van der Waals surface area contributed by atoms with Crippen LogP contribution in [0.25, 0.3) is 11.4 Å². The van der Waals surface area contributed by atoms with Crippen LogP contribution >= 0.6 is 0 Å². The van der Waals surface area contributed by atoms with E-state index in [9.17, 15) is 18.0 Å². The van der Waals surface area contributed by atoms with Gasteiger partial charge in [-0.15, -0.1) is 0 Å². The average molecular weight is 451 g/mol. The molecule has 7 nitrogen and oxygen atoms in total. The van der Waals surface area contributed by atoms with Gasteiger partial charge in [-0.1, -0.05) is 24.2 Å². The minimum atomic E-state index is -4.70. The van der Waals surface area contributed by atoms with E-state index in [1.807, 2.05) is 11.8 Å². The number of carbonyl (C=O) groups excluding carboxylic acids is 1. The minimum absolute atomic E-state index is 0.0278. The summed E-state index contributed by atoms with van der Waals surface area (Å²) in [5, 5.41) is 3.45. The molecule has 3 aliphatic rings. The van der Waals surface area contributed by atoms with Crippen molar-refractivity contribution in [1.82, 2.24) is 15.0 Å². The van der Waals surface area contributed by atoms with Crippen molar-refractivity contribution in [1.29, 1.82) is 0 Å². The molecule has 1 aromatic heterocycles. The smallest absolute Gasteiger partial charge is 0.471 e. The van der Waals surface area contributed by atoms with Gasteiger partial charge in [0.15, 0.2) is 0 Å². The molecule has 5 rings (SSSR count). The lowest BCUT2D eigenvalue weighted by Crippen LogP contribution is -2.51. The summed E-state index contributed by atoms with van der Waals surface area (Å²) in [4.78, 5) is 19.0. The van der Waals surface area contributed by atoms with Crippen LogP contribution in [0.15, 0.2) is 22.7 Å². The number of alkyl halides is 3. The van der Waals surface area contributed by atoms with Crippen LogP contribution < -0.4 is 4.74 Å². The molecule has 1 atom stereocenters. The summed E-state index contributed by atoms with van der Waals surface area (Å²) in [6.45, 7) is 3.90. The molecule has 1 aromatic carbocycles. The van der Waals surface area contributed by atoms with Gasteiger partial charge in [-0.25, -0.2) is 0 Å². The highest BCUT2D eigenvalue weighted by atomic mass is 19.4. The van der Waals surface area contributed by atoms with Gasteiger partial charge in [0.25, 0.3) is 0 Å². The largest absolute Gasteiger partial charge is 0.491 e. The zero-order valence-corrected chi connectivity index (χ0v) is 17.7. The van der Waals surface area contributed by atoms with Crippen LogP contribution in [-0.4, -0.2) is 46.8 Å². The average Bonchev–Trinajstić information content (AvgIpc) is 3.50. The van der Waals surface area contributed by atoms with Gasteiger partial charge in [-0.05, 0) is 37.7 Å². The molecule has 0 bridgehead atoms. The quantitative estimate of drug-likeness (QED) is 0.700. The van der Waals surface area contributed by atoms with E-state index >= 15 is 0 Å². The lowest BCUT2D eigenvalue weighted by Gasteiger charge is -2.39. The number of halogens is 3. The number of benzene rings is 1. The fourth-order valence-electron chi connectivity index (χ4n) is 4.46. The van der Waals surface area contributed by atoms with Crippen LogP contribution in [0, 0.1) is 11.3 Å².